The fraction of sp³-hybridized carbons (Fsp3) is 0.867. The predicted octanol–water partition coefficient (Wildman–Crippen LogP) is 1.42. The molecule has 1 amide bonds. The summed E-state index contributed by atoms with van der Waals surface area (Å²) < 4.78 is 0. The van der Waals surface area contributed by atoms with Crippen molar-refractivity contribution in [1.29, 1.82) is 5.26 Å². The molecule has 0 saturated heterocycles. The number of amides is 1. The molecule has 1 saturated carbocycles. The number of nitriles is 1. The van der Waals surface area contributed by atoms with Gasteiger partial charge >= 0.3 is 0 Å². The molecule has 0 aromatic carbocycles. The molecule has 114 valence electrons. The minimum atomic E-state index is -0.668. The highest BCUT2D eigenvalue weighted by Gasteiger charge is 2.32. The van der Waals surface area contributed by atoms with Crippen LogP contribution in [0.25, 0.3) is 0 Å². The van der Waals surface area contributed by atoms with Crippen molar-refractivity contribution >= 4 is 5.91 Å². The van der Waals surface area contributed by atoms with Crippen LogP contribution in [0, 0.1) is 11.3 Å². The van der Waals surface area contributed by atoms with Gasteiger partial charge in [0.25, 0.3) is 0 Å². The molecule has 1 fully saturated rings. The van der Waals surface area contributed by atoms with Crippen LogP contribution in [0.1, 0.15) is 51.9 Å². The number of hydrogen-bond acceptors (Lipinski definition) is 4. The van der Waals surface area contributed by atoms with E-state index in [-0.39, 0.29) is 18.6 Å². The molecule has 0 spiro atoms. The molecule has 1 rings (SSSR count). The van der Waals surface area contributed by atoms with Crippen molar-refractivity contribution < 1.29 is 9.90 Å². The van der Waals surface area contributed by atoms with Gasteiger partial charge in [-0.05, 0) is 33.2 Å². The Balaban J connectivity index is 2.44. The molecule has 0 bridgehead atoms. The molecule has 1 aliphatic carbocycles. The third kappa shape index (κ3) is 5.89. The lowest BCUT2D eigenvalue weighted by Crippen LogP contribution is -2.50. The van der Waals surface area contributed by atoms with E-state index in [0.717, 1.165) is 38.5 Å². The van der Waals surface area contributed by atoms with Gasteiger partial charge in [0.05, 0.1) is 18.7 Å². The Labute approximate surface area is 122 Å². The predicted molar refractivity (Wildman–Crippen MR) is 78.0 cm³/mol. The molecule has 20 heavy (non-hydrogen) atoms. The van der Waals surface area contributed by atoms with E-state index in [1.807, 2.05) is 11.9 Å². The Morgan fingerprint density at radius 1 is 1.40 bits per heavy atom. The average Bonchev–Trinajstić information content (AvgIpc) is 2.62. The first-order chi connectivity index (χ1) is 9.47. The fourth-order valence-electron chi connectivity index (χ4n) is 2.63. The monoisotopic (exact) mass is 281 g/mol. The summed E-state index contributed by atoms with van der Waals surface area (Å²) in [7, 11) is 1.86. The largest absolute Gasteiger partial charge is 0.393 e. The Bertz CT molecular complexity index is 342. The van der Waals surface area contributed by atoms with Crippen LogP contribution in [-0.4, -0.2) is 47.7 Å². The molecule has 5 heteroatoms. The Hall–Kier alpha value is -1.12. The second-order valence-corrected chi connectivity index (χ2v) is 6.03. The normalized spacial score (nSPS) is 19.9. The molecule has 0 heterocycles. The quantitative estimate of drug-likeness (QED) is 0.722. The summed E-state index contributed by atoms with van der Waals surface area (Å²) in [5, 5.41) is 21.6. The number of rotatable bonds is 6. The van der Waals surface area contributed by atoms with Crippen LogP contribution in [0.2, 0.25) is 0 Å². The molecule has 5 nitrogen and oxygen atoms in total. The minimum absolute atomic E-state index is 0.0958. The zero-order valence-corrected chi connectivity index (χ0v) is 12.7. The van der Waals surface area contributed by atoms with E-state index in [9.17, 15) is 15.2 Å². The summed E-state index contributed by atoms with van der Waals surface area (Å²) in [5.41, 5.74) is -0.668. The van der Waals surface area contributed by atoms with Gasteiger partial charge < -0.3 is 10.4 Å². The van der Waals surface area contributed by atoms with Gasteiger partial charge in [-0.2, -0.15) is 5.26 Å². The zero-order chi connectivity index (χ0) is 15.0. The standard InChI is InChI=1S/C15H27N3O2/c1-13(19)7-10-18(2)11-14(20)17-15(12-16)8-5-3-4-6-9-15/h13,19H,3-11H2,1-2H3,(H,17,20). The van der Waals surface area contributed by atoms with E-state index < -0.39 is 5.54 Å². The van der Waals surface area contributed by atoms with E-state index in [1.165, 1.54) is 0 Å². The molecule has 2 N–H and O–H groups in total. The number of aliphatic hydroxyl groups excluding tert-OH is 1. The molecule has 1 unspecified atom stereocenters. The second-order valence-electron chi connectivity index (χ2n) is 6.03. The van der Waals surface area contributed by atoms with Crippen molar-refractivity contribution in [2.75, 3.05) is 20.1 Å². The van der Waals surface area contributed by atoms with Crippen LogP contribution in [0.3, 0.4) is 0 Å². The lowest BCUT2D eigenvalue weighted by Gasteiger charge is -2.27. The number of likely N-dealkylation sites (N-methyl/N-ethyl adjacent to an activating group) is 1. The number of aliphatic hydroxyl groups is 1. The molecule has 1 aliphatic rings. The van der Waals surface area contributed by atoms with E-state index in [4.69, 9.17) is 0 Å². The first-order valence-corrected chi connectivity index (χ1v) is 7.56. The maximum atomic E-state index is 12.1. The number of carbonyl (C=O) groups is 1. The van der Waals surface area contributed by atoms with Gasteiger partial charge in [-0.15, -0.1) is 0 Å². The van der Waals surface area contributed by atoms with Crippen molar-refractivity contribution in [2.24, 2.45) is 0 Å². The van der Waals surface area contributed by atoms with E-state index in [2.05, 4.69) is 11.4 Å². The summed E-state index contributed by atoms with van der Waals surface area (Å²) in [4.78, 5) is 14.0. The van der Waals surface area contributed by atoms with Crippen LogP contribution in [0.5, 0.6) is 0 Å². The van der Waals surface area contributed by atoms with Gasteiger partial charge in [0.15, 0.2) is 0 Å². The third-order valence-electron chi connectivity index (χ3n) is 3.89. The van der Waals surface area contributed by atoms with Gasteiger partial charge in [0, 0.05) is 6.54 Å². The average molecular weight is 281 g/mol. The summed E-state index contributed by atoms with van der Waals surface area (Å²) in [5.74, 6) is -0.0958. The summed E-state index contributed by atoms with van der Waals surface area (Å²) >= 11 is 0. The second kappa shape index (κ2) is 8.23. The highest BCUT2D eigenvalue weighted by Crippen LogP contribution is 2.26. The minimum Gasteiger partial charge on any atom is -0.393 e. The molecular weight excluding hydrogens is 254 g/mol. The SMILES string of the molecule is CC(O)CCN(C)CC(=O)NC1(C#N)CCCCCC1. The summed E-state index contributed by atoms with van der Waals surface area (Å²) in [6.45, 7) is 2.69. The van der Waals surface area contributed by atoms with Crippen molar-refractivity contribution in [3.63, 3.8) is 0 Å². The van der Waals surface area contributed by atoms with Crippen molar-refractivity contribution in [2.45, 2.75) is 63.5 Å². The topological polar surface area (TPSA) is 76.4 Å². The molecular formula is C15H27N3O2. The van der Waals surface area contributed by atoms with E-state index in [1.54, 1.807) is 6.92 Å². The highest BCUT2D eigenvalue weighted by atomic mass is 16.3. The van der Waals surface area contributed by atoms with E-state index >= 15 is 0 Å². The van der Waals surface area contributed by atoms with E-state index in [0.29, 0.717) is 13.0 Å². The van der Waals surface area contributed by atoms with Crippen LogP contribution in [0.4, 0.5) is 0 Å². The maximum absolute atomic E-state index is 12.1. The van der Waals surface area contributed by atoms with Gasteiger partial charge in [-0.3, -0.25) is 9.69 Å². The highest BCUT2D eigenvalue weighted by molar-refractivity contribution is 5.79. The number of hydrogen-bond donors (Lipinski definition) is 2. The lowest BCUT2D eigenvalue weighted by molar-refractivity contribution is -0.123. The smallest absolute Gasteiger partial charge is 0.235 e. The zero-order valence-electron chi connectivity index (χ0n) is 12.7. The number of nitrogens with one attached hydrogen (secondary N) is 1. The molecule has 0 aliphatic heterocycles. The summed E-state index contributed by atoms with van der Waals surface area (Å²) in [6, 6.07) is 2.32. The van der Waals surface area contributed by atoms with Crippen molar-refractivity contribution in [3.05, 3.63) is 0 Å². The molecule has 0 radical (unpaired) electrons. The third-order valence-corrected chi connectivity index (χ3v) is 3.89. The first kappa shape index (κ1) is 16.9. The van der Waals surface area contributed by atoms with Crippen molar-refractivity contribution in [3.8, 4) is 6.07 Å². The van der Waals surface area contributed by atoms with Gasteiger partial charge in [-0.25, -0.2) is 0 Å². The number of carbonyl (C=O) groups excluding carboxylic acids is 1. The maximum Gasteiger partial charge on any atom is 0.235 e. The Morgan fingerprint density at radius 2 is 2.00 bits per heavy atom. The van der Waals surface area contributed by atoms with Crippen LogP contribution in [0.15, 0.2) is 0 Å². The molecule has 0 aromatic rings. The van der Waals surface area contributed by atoms with Crippen LogP contribution in [-0.2, 0) is 4.79 Å². The van der Waals surface area contributed by atoms with Crippen LogP contribution < -0.4 is 5.32 Å². The fourth-order valence-corrected chi connectivity index (χ4v) is 2.63. The molecule has 1 atom stereocenters. The Morgan fingerprint density at radius 3 is 2.50 bits per heavy atom. The van der Waals surface area contributed by atoms with Gasteiger partial charge in [0.1, 0.15) is 5.54 Å². The van der Waals surface area contributed by atoms with Crippen LogP contribution >= 0.6 is 0 Å². The number of nitrogens with zero attached hydrogens (tertiary/aromatic N) is 2. The Kier molecular flexibility index (Phi) is 6.97. The summed E-state index contributed by atoms with van der Waals surface area (Å²) in [6.07, 6.45) is 6.11. The van der Waals surface area contributed by atoms with Crippen molar-refractivity contribution in [1.82, 2.24) is 10.2 Å². The molecule has 0 aromatic heterocycles. The first-order valence-electron chi connectivity index (χ1n) is 7.56. The lowest BCUT2D eigenvalue weighted by atomic mass is 9.92. The van der Waals surface area contributed by atoms with Gasteiger partial charge in [0.2, 0.25) is 5.91 Å². The van der Waals surface area contributed by atoms with Gasteiger partial charge in [-0.1, -0.05) is 25.7 Å².